The zero-order chi connectivity index (χ0) is 13.8. The molecule has 1 atom stereocenters. The predicted molar refractivity (Wildman–Crippen MR) is 66.8 cm³/mol. The summed E-state index contributed by atoms with van der Waals surface area (Å²) >= 11 is 0. The van der Waals surface area contributed by atoms with Gasteiger partial charge in [0.05, 0.1) is 6.04 Å². The van der Waals surface area contributed by atoms with Crippen molar-refractivity contribution >= 4 is 5.91 Å². The first-order valence-electron chi connectivity index (χ1n) is 5.74. The molecule has 19 heavy (non-hydrogen) atoms. The minimum Gasteiger partial charge on any atom is -0.347 e. The first kappa shape index (κ1) is 12.8. The Kier molecular flexibility index (Phi) is 3.60. The van der Waals surface area contributed by atoms with E-state index in [-0.39, 0.29) is 11.6 Å². The molecule has 2 aromatic heterocycles. The second-order valence-corrected chi connectivity index (χ2v) is 3.89. The lowest BCUT2D eigenvalue weighted by Crippen LogP contribution is -2.35. The van der Waals surface area contributed by atoms with Crippen molar-refractivity contribution in [1.82, 2.24) is 25.3 Å². The summed E-state index contributed by atoms with van der Waals surface area (Å²) in [5, 5.41) is 2.67. The second-order valence-electron chi connectivity index (χ2n) is 3.89. The van der Waals surface area contributed by atoms with E-state index in [1.807, 2.05) is 11.9 Å². The van der Waals surface area contributed by atoms with E-state index < -0.39 is 17.2 Å². The van der Waals surface area contributed by atoms with Gasteiger partial charge in [0.15, 0.2) is 0 Å². The summed E-state index contributed by atoms with van der Waals surface area (Å²) in [6.07, 6.45) is 4.93. The Morgan fingerprint density at radius 2 is 2.21 bits per heavy atom. The van der Waals surface area contributed by atoms with Gasteiger partial charge in [-0.2, -0.15) is 0 Å². The number of H-pyrrole nitrogens is 3. The van der Waals surface area contributed by atoms with Gasteiger partial charge in [0.1, 0.15) is 11.4 Å². The zero-order valence-electron chi connectivity index (χ0n) is 10.2. The first-order valence-corrected chi connectivity index (χ1v) is 5.74. The van der Waals surface area contributed by atoms with E-state index in [9.17, 15) is 14.4 Å². The lowest BCUT2D eigenvalue weighted by molar-refractivity contribution is 0.0932. The van der Waals surface area contributed by atoms with Crippen LogP contribution in [0.3, 0.4) is 0 Å². The predicted octanol–water partition coefficient (Wildman–Crippen LogP) is -0.333. The van der Waals surface area contributed by atoms with E-state index in [1.54, 1.807) is 12.4 Å². The van der Waals surface area contributed by atoms with Crippen LogP contribution in [0.4, 0.5) is 0 Å². The summed E-state index contributed by atoms with van der Waals surface area (Å²) < 4.78 is 0. The Bertz CT molecular complexity index is 670. The van der Waals surface area contributed by atoms with E-state index in [2.05, 4.69) is 20.3 Å². The molecule has 1 unspecified atom stereocenters. The number of imidazole rings is 1. The second kappa shape index (κ2) is 5.34. The van der Waals surface area contributed by atoms with Crippen molar-refractivity contribution in [2.75, 3.05) is 0 Å². The van der Waals surface area contributed by atoms with Gasteiger partial charge >= 0.3 is 5.69 Å². The number of carbonyl (C=O) groups excluding carboxylic acids is 1. The average molecular weight is 263 g/mol. The quantitative estimate of drug-likeness (QED) is 0.602. The van der Waals surface area contributed by atoms with E-state index in [1.165, 1.54) is 0 Å². The van der Waals surface area contributed by atoms with Crippen LogP contribution < -0.4 is 16.6 Å². The van der Waals surface area contributed by atoms with Gasteiger partial charge < -0.3 is 15.3 Å². The maximum absolute atomic E-state index is 11.9. The molecule has 0 aliphatic carbocycles. The van der Waals surface area contributed by atoms with Crippen LogP contribution >= 0.6 is 0 Å². The smallest absolute Gasteiger partial charge is 0.325 e. The molecule has 2 heterocycles. The van der Waals surface area contributed by atoms with E-state index in [0.29, 0.717) is 12.2 Å². The highest BCUT2D eigenvalue weighted by molar-refractivity contribution is 5.93. The van der Waals surface area contributed by atoms with Crippen LogP contribution in [0.2, 0.25) is 0 Å². The molecule has 2 rings (SSSR count). The number of rotatable bonds is 4. The lowest BCUT2D eigenvalue weighted by Gasteiger charge is -2.14. The monoisotopic (exact) mass is 263 g/mol. The largest absolute Gasteiger partial charge is 0.347 e. The van der Waals surface area contributed by atoms with Gasteiger partial charge in [0.2, 0.25) is 0 Å². The van der Waals surface area contributed by atoms with Crippen molar-refractivity contribution in [1.29, 1.82) is 0 Å². The minimum atomic E-state index is -0.726. The van der Waals surface area contributed by atoms with Gasteiger partial charge in [-0.3, -0.25) is 14.6 Å². The molecule has 8 nitrogen and oxygen atoms in total. The van der Waals surface area contributed by atoms with Crippen molar-refractivity contribution < 1.29 is 4.79 Å². The van der Waals surface area contributed by atoms with Gasteiger partial charge in [0, 0.05) is 18.6 Å². The van der Waals surface area contributed by atoms with E-state index in [0.717, 1.165) is 6.20 Å². The molecule has 0 bridgehead atoms. The lowest BCUT2D eigenvalue weighted by atomic mass is 10.2. The highest BCUT2D eigenvalue weighted by atomic mass is 16.2. The number of aromatic nitrogens is 4. The highest BCUT2D eigenvalue weighted by Crippen LogP contribution is 2.11. The molecule has 100 valence electrons. The Balaban J connectivity index is 2.20. The third-order valence-corrected chi connectivity index (χ3v) is 2.63. The molecular formula is C11H13N5O3. The molecule has 0 aliphatic heterocycles. The first-order chi connectivity index (χ1) is 9.11. The van der Waals surface area contributed by atoms with Gasteiger partial charge in [-0.25, -0.2) is 9.78 Å². The Morgan fingerprint density at radius 3 is 2.79 bits per heavy atom. The molecule has 2 aromatic rings. The molecule has 8 heteroatoms. The molecular weight excluding hydrogens is 250 g/mol. The van der Waals surface area contributed by atoms with Crippen LogP contribution in [0, 0.1) is 0 Å². The summed E-state index contributed by atoms with van der Waals surface area (Å²) in [5.74, 6) is 0.0393. The van der Waals surface area contributed by atoms with Crippen molar-refractivity contribution in [3.63, 3.8) is 0 Å². The summed E-state index contributed by atoms with van der Waals surface area (Å²) in [6, 6.07) is -0.325. The topological polar surface area (TPSA) is 124 Å². The zero-order valence-corrected chi connectivity index (χ0v) is 10.2. The van der Waals surface area contributed by atoms with Crippen LogP contribution in [-0.2, 0) is 0 Å². The van der Waals surface area contributed by atoms with Crippen LogP contribution in [0.1, 0.15) is 35.6 Å². The number of nitrogens with one attached hydrogen (secondary N) is 4. The number of carbonyl (C=O) groups is 1. The van der Waals surface area contributed by atoms with Crippen molar-refractivity contribution in [2.45, 2.75) is 19.4 Å². The number of hydrogen-bond acceptors (Lipinski definition) is 4. The summed E-state index contributed by atoms with van der Waals surface area (Å²) in [7, 11) is 0. The number of aromatic amines is 3. The molecule has 0 spiro atoms. The van der Waals surface area contributed by atoms with Gasteiger partial charge in [-0.05, 0) is 6.42 Å². The molecule has 0 radical (unpaired) electrons. The fourth-order valence-electron chi connectivity index (χ4n) is 1.65. The maximum atomic E-state index is 11.9. The molecule has 0 fully saturated rings. The average Bonchev–Trinajstić information content (AvgIpc) is 2.89. The van der Waals surface area contributed by atoms with Crippen LogP contribution in [0.15, 0.2) is 28.2 Å². The number of amides is 1. The Morgan fingerprint density at radius 1 is 1.42 bits per heavy atom. The third kappa shape index (κ3) is 2.79. The molecule has 0 aliphatic rings. The minimum absolute atomic E-state index is 0.149. The Hall–Kier alpha value is -2.64. The highest BCUT2D eigenvalue weighted by Gasteiger charge is 2.18. The van der Waals surface area contributed by atoms with Crippen molar-refractivity contribution in [2.24, 2.45) is 0 Å². The van der Waals surface area contributed by atoms with Gasteiger partial charge in [-0.15, -0.1) is 0 Å². The van der Waals surface area contributed by atoms with Gasteiger partial charge in [0.25, 0.3) is 11.5 Å². The fourth-order valence-corrected chi connectivity index (χ4v) is 1.65. The van der Waals surface area contributed by atoms with Crippen LogP contribution in [0.5, 0.6) is 0 Å². The third-order valence-electron chi connectivity index (χ3n) is 2.63. The van der Waals surface area contributed by atoms with E-state index >= 15 is 0 Å². The summed E-state index contributed by atoms with van der Waals surface area (Å²) in [4.78, 5) is 45.5. The van der Waals surface area contributed by atoms with Crippen molar-refractivity contribution in [3.05, 3.63) is 50.8 Å². The molecule has 0 saturated carbocycles. The number of hydrogen-bond donors (Lipinski definition) is 4. The Labute approximate surface area is 107 Å². The molecule has 4 N–H and O–H groups in total. The maximum Gasteiger partial charge on any atom is 0.325 e. The standard InChI is InChI=1S/C11H13N5O3/c1-2-7(8-12-3-4-13-8)15-9(17)6-5-14-11(19)16-10(6)18/h3-5,7H,2H2,1H3,(H,12,13)(H,15,17)(H2,14,16,18,19). The SMILES string of the molecule is CCC(NC(=O)c1c[nH]c(=O)[nH]c1=O)c1ncc[nH]1. The summed E-state index contributed by atoms with van der Waals surface area (Å²) in [6.45, 7) is 1.88. The summed E-state index contributed by atoms with van der Waals surface area (Å²) in [5.41, 5.74) is -1.53. The molecule has 0 saturated heterocycles. The van der Waals surface area contributed by atoms with Crippen molar-refractivity contribution in [3.8, 4) is 0 Å². The normalized spacial score (nSPS) is 12.1. The fraction of sp³-hybridized carbons (Fsp3) is 0.273. The van der Waals surface area contributed by atoms with E-state index in [4.69, 9.17) is 0 Å². The molecule has 1 amide bonds. The van der Waals surface area contributed by atoms with Crippen LogP contribution in [-0.4, -0.2) is 25.8 Å². The number of nitrogens with zero attached hydrogens (tertiary/aromatic N) is 1. The molecule has 0 aromatic carbocycles. The van der Waals surface area contributed by atoms with Gasteiger partial charge in [-0.1, -0.05) is 6.92 Å². The van der Waals surface area contributed by atoms with Crippen LogP contribution in [0.25, 0.3) is 0 Å².